The average molecular weight is 265 g/mol. The zero-order valence-electron chi connectivity index (χ0n) is 9.34. The highest BCUT2D eigenvalue weighted by atomic mass is 35.5. The Balaban J connectivity index is 2.10. The molecule has 0 heterocycles. The van der Waals surface area contributed by atoms with Crippen LogP contribution in [0.4, 0.5) is 22.7 Å². The minimum atomic E-state index is -0.412. The molecule has 0 saturated heterocycles. The molecule has 0 saturated carbocycles. The van der Waals surface area contributed by atoms with Crippen LogP contribution < -0.4 is 10.2 Å². The summed E-state index contributed by atoms with van der Waals surface area (Å²) >= 11 is 5.46. The van der Waals surface area contributed by atoms with Gasteiger partial charge in [0, 0.05) is 53.9 Å². The van der Waals surface area contributed by atoms with Crippen molar-refractivity contribution in [1.29, 1.82) is 0 Å². The molecule has 0 unspecified atom stereocenters. The zero-order chi connectivity index (χ0) is 13.0. The van der Waals surface area contributed by atoms with Gasteiger partial charge in [0.2, 0.25) is 0 Å². The molecular formula is C12H11ClN3O2+. The fraction of sp³-hybridized carbons (Fsp3) is 0. The van der Waals surface area contributed by atoms with E-state index in [0.29, 0.717) is 0 Å². The maximum atomic E-state index is 10.5. The topological polar surface area (TPSA) is 71.8 Å². The van der Waals surface area contributed by atoms with Crippen LogP contribution in [0.5, 0.6) is 0 Å². The van der Waals surface area contributed by atoms with Gasteiger partial charge >= 0.3 is 0 Å². The summed E-state index contributed by atoms with van der Waals surface area (Å²) in [4.78, 5) is 12.6. The minimum absolute atomic E-state index is 0.0915. The molecule has 0 aliphatic carbocycles. The molecule has 0 fully saturated rings. The summed E-state index contributed by atoms with van der Waals surface area (Å²) in [5, 5.41) is 12.4. The molecule has 3 N–H and O–H groups in total. The second-order valence-electron chi connectivity index (χ2n) is 3.71. The molecule has 2 aromatic rings. The van der Waals surface area contributed by atoms with Crippen molar-refractivity contribution in [3.8, 4) is 0 Å². The van der Waals surface area contributed by atoms with Crippen molar-refractivity contribution in [1.82, 2.24) is 0 Å². The Kier molecular flexibility index (Phi) is 3.76. The Labute approximate surface area is 109 Å². The van der Waals surface area contributed by atoms with E-state index in [1.807, 2.05) is 29.6 Å². The Hall–Kier alpha value is -2.11. The van der Waals surface area contributed by atoms with Gasteiger partial charge in [-0.1, -0.05) is 0 Å². The third kappa shape index (κ3) is 2.97. The lowest BCUT2D eigenvalue weighted by Crippen LogP contribution is -2.70. The number of benzene rings is 2. The van der Waals surface area contributed by atoms with Crippen LogP contribution in [0.1, 0.15) is 0 Å². The van der Waals surface area contributed by atoms with Crippen LogP contribution in [0.15, 0.2) is 48.5 Å². The van der Waals surface area contributed by atoms with Crippen LogP contribution >= 0.6 is 11.8 Å². The third-order valence-electron chi connectivity index (χ3n) is 2.46. The summed E-state index contributed by atoms with van der Waals surface area (Å²) in [6.07, 6.45) is 0. The van der Waals surface area contributed by atoms with E-state index in [1.165, 1.54) is 12.1 Å². The summed E-state index contributed by atoms with van der Waals surface area (Å²) in [5.41, 5.74) is 2.82. The number of hydrogen-bond donors (Lipinski definition) is 2. The third-order valence-corrected chi connectivity index (χ3v) is 2.68. The number of hydrogen-bond acceptors (Lipinski definition) is 3. The molecular weight excluding hydrogens is 254 g/mol. The molecule has 0 aromatic heterocycles. The van der Waals surface area contributed by atoms with Gasteiger partial charge < -0.3 is 0 Å². The maximum Gasteiger partial charge on any atom is 0.269 e. The number of quaternary nitrogens is 1. The van der Waals surface area contributed by atoms with Crippen LogP contribution in [0.2, 0.25) is 0 Å². The van der Waals surface area contributed by atoms with E-state index >= 15 is 0 Å². The number of anilines is 1. The van der Waals surface area contributed by atoms with E-state index in [-0.39, 0.29) is 5.69 Å². The lowest BCUT2D eigenvalue weighted by molar-refractivity contribution is -0.478. The summed E-state index contributed by atoms with van der Waals surface area (Å²) < 4.78 is 0. The van der Waals surface area contributed by atoms with Gasteiger partial charge in [-0.3, -0.25) is 20.3 Å². The van der Waals surface area contributed by atoms with E-state index in [0.717, 1.165) is 17.1 Å². The summed E-state index contributed by atoms with van der Waals surface area (Å²) in [6.45, 7) is 0. The first-order chi connectivity index (χ1) is 8.69. The average Bonchev–Trinajstić information content (AvgIpc) is 2.40. The molecule has 2 rings (SSSR count). The number of nitrogens with zero attached hydrogens (tertiary/aromatic N) is 1. The second kappa shape index (κ2) is 5.48. The highest BCUT2D eigenvalue weighted by Crippen LogP contribution is 2.14. The van der Waals surface area contributed by atoms with Gasteiger partial charge in [0.25, 0.3) is 5.69 Å². The van der Waals surface area contributed by atoms with Crippen molar-refractivity contribution in [3.63, 3.8) is 0 Å². The Bertz CT molecular complexity index is 540. The predicted octanol–water partition coefficient (Wildman–Crippen LogP) is 2.69. The monoisotopic (exact) mass is 264 g/mol. The van der Waals surface area contributed by atoms with Crippen molar-refractivity contribution in [2.24, 2.45) is 0 Å². The molecule has 92 valence electrons. The van der Waals surface area contributed by atoms with Crippen LogP contribution in [0.3, 0.4) is 0 Å². The minimum Gasteiger partial charge on any atom is -0.299 e. The van der Waals surface area contributed by atoms with Crippen molar-refractivity contribution in [2.75, 3.05) is 4.84 Å². The van der Waals surface area contributed by atoms with E-state index in [9.17, 15) is 10.1 Å². The van der Waals surface area contributed by atoms with Gasteiger partial charge in [-0.25, -0.2) is 0 Å². The smallest absolute Gasteiger partial charge is 0.269 e. The molecule has 0 aliphatic heterocycles. The first-order valence-electron chi connectivity index (χ1n) is 5.25. The maximum absolute atomic E-state index is 10.5. The van der Waals surface area contributed by atoms with Crippen molar-refractivity contribution < 1.29 is 10.2 Å². The summed E-state index contributed by atoms with van der Waals surface area (Å²) in [6, 6.07) is 13.9. The van der Waals surface area contributed by atoms with Gasteiger partial charge in [-0.15, -0.1) is 0 Å². The van der Waals surface area contributed by atoms with Gasteiger partial charge in [-0.2, -0.15) is 0 Å². The normalized spacial score (nSPS) is 10.1. The molecule has 18 heavy (non-hydrogen) atoms. The van der Waals surface area contributed by atoms with Crippen molar-refractivity contribution in [3.05, 3.63) is 58.6 Å². The fourth-order valence-corrected chi connectivity index (χ4v) is 1.65. The lowest BCUT2D eigenvalue weighted by atomic mass is 10.2. The molecule has 0 amide bonds. The number of non-ortho nitro benzene ring substituents is 1. The molecule has 0 aliphatic rings. The molecule has 2 aromatic carbocycles. The van der Waals surface area contributed by atoms with Gasteiger partial charge in [0.05, 0.1) is 4.92 Å². The quantitative estimate of drug-likeness (QED) is 0.386. The largest absolute Gasteiger partial charge is 0.299 e. The molecule has 0 radical (unpaired) electrons. The highest BCUT2D eigenvalue weighted by Gasteiger charge is 2.06. The van der Waals surface area contributed by atoms with E-state index < -0.39 is 4.92 Å². The second-order valence-corrected chi connectivity index (χ2v) is 3.90. The fourth-order valence-electron chi connectivity index (χ4n) is 1.53. The number of halogens is 1. The van der Waals surface area contributed by atoms with E-state index in [1.54, 1.807) is 12.1 Å². The predicted molar refractivity (Wildman–Crippen MR) is 70.3 cm³/mol. The first kappa shape index (κ1) is 12.3. The number of nitro benzene ring substituents is 1. The molecule has 0 bridgehead atoms. The number of rotatable bonds is 4. The van der Waals surface area contributed by atoms with Gasteiger partial charge in [-0.05, 0) is 12.1 Å². The Morgan fingerprint density at radius 1 is 1.00 bits per heavy atom. The van der Waals surface area contributed by atoms with E-state index in [4.69, 9.17) is 11.8 Å². The number of nitro groups is 1. The summed E-state index contributed by atoms with van der Waals surface area (Å²) in [7, 11) is 0. The first-order valence-corrected chi connectivity index (χ1v) is 5.63. The zero-order valence-corrected chi connectivity index (χ0v) is 10.1. The summed E-state index contributed by atoms with van der Waals surface area (Å²) in [5.74, 6) is 0. The highest BCUT2D eigenvalue weighted by molar-refractivity contribution is 6.23. The van der Waals surface area contributed by atoms with Gasteiger partial charge in [0.15, 0.2) is 0 Å². The molecule has 0 spiro atoms. The Morgan fingerprint density at radius 3 is 1.94 bits per heavy atom. The van der Waals surface area contributed by atoms with Crippen molar-refractivity contribution in [2.45, 2.75) is 0 Å². The van der Waals surface area contributed by atoms with E-state index in [2.05, 4.69) is 4.84 Å². The molecule has 0 atom stereocenters. The SMILES string of the molecule is O=[N+]([O-])c1ccc([NH2+]c2ccc(NCl)cc2)cc1. The Morgan fingerprint density at radius 2 is 1.50 bits per heavy atom. The van der Waals surface area contributed by atoms with Crippen LogP contribution in [-0.2, 0) is 0 Å². The number of nitrogens with two attached hydrogens (primary N) is 1. The van der Waals surface area contributed by atoms with Gasteiger partial charge in [0.1, 0.15) is 11.4 Å². The van der Waals surface area contributed by atoms with Crippen LogP contribution in [0.25, 0.3) is 0 Å². The number of nitrogens with one attached hydrogen (secondary N) is 1. The molecule has 6 heteroatoms. The van der Waals surface area contributed by atoms with Crippen LogP contribution in [-0.4, -0.2) is 4.92 Å². The lowest BCUT2D eigenvalue weighted by Gasteiger charge is -2.01. The van der Waals surface area contributed by atoms with Crippen LogP contribution in [0, 0.1) is 10.1 Å². The molecule has 5 nitrogen and oxygen atoms in total. The standard InChI is InChI=1S/C12H10ClN3O2/c13-15-11-3-1-9(2-4-11)14-10-5-7-12(8-6-10)16(17)18/h1-8,14-15H/p+1. The van der Waals surface area contributed by atoms with Crippen molar-refractivity contribution >= 4 is 34.5 Å².